The lowest BCUT2D eigenvalue weighted by molar-refractivity contribution is -0.149. The predicted molar refractivity (Wildman–Crippen MR) is 114 cm³/mol. The zero-order valence-electron chi connectivity index (χ0n) is 17.7. The number of pyridine rings is 1. The summed E-state index contributed by atoms with van der Waals surface area (Å²) in [6, 6.07) is 1.76. The Morgan fingerprint density at radius 2 is 2.06 bits per heavy atom. The van der Waals surface area contributed by atoms with Gasteiger partial charge >= 0.3 is 6.18 Å². The molecule has 0 spiro atoms. The van der Waals surface area contributed by atoms with Crippen LogP contribution in [0.5, 0.6) is 0 Å². The van der Waals surface area contributed by atoms with Gasteiger partial charge in [0.1, 0.15) is 11.7 Å². The van der Waals surface area contributed by atoms with E-state index in [0.717, 1.165) is 29.9 Å². The molecule has 3 N–H and O–H groups in total. The van der Waals surface area contributed by atoms with E-state index in [4.69, 9.17) is 0 Å². The first-order chi connectivity index (χ1) is 15.2. The molecule has 1 amide bonds. The lowest BCUT2D eigenvalue weighted by Gasteiger charge is -2.16. The Labute approximate surface area is 181 Å². The second kappa shape index (κ2) is 8.13. The number of nitrogens with zero attached hydrogens (tertiary/aromatic N) is 4. The quantitative estimate of drug-likeness (QED) is 0.414. The zero-order valence-corrected chi connectivity index (χ0v) is 17.7. The van der Waals surface area contributed by atoms with Crippen molar-refractivity contribution < 1.29 is 18.0 Å². The number of aromatic nitrogens is 5. The van der Waals surface area contributed by atoms with Crippen molar-refractivity contribution in [3.63, 3.8) is 0 Å². The molecule has 0 saturated heterocycles. The number of anilines is 1. The van der Waals surface area contributed by atoms with Crippen LogP contribution in [0.25, 0.3) is 27.7 Å². The number of carbonyl (C=O) groups is 1. The summed E-state index contributed by atoms with van der Waals surface area (Å²) >= 11 is 0. The predicted octanol–water partition coefficient (Wildman–Crippen LogP) is 4.16. The molecule has 0 aliphatic heterocycles. The minimum absolute atomic E-state index is 0.0547. The van der Waals surface area contributed by atoms with Crippen LogP contribution < -0.4 is 10.6 Å². The van der Waals surface area contributed by atoms with Crippen molar-refractivity contribution in [2.75, 3.05) is 5.32 Å². The molecule has 4 rings (SSSR count). The highest BCUT2D eigenvalue weighted by Gasteiger charge is 2.37. The van der Waals surface area contributed by atoms with E-state index < -0.39 is 18.1 Å². The van der Waals surface area contributed by atoms with Gasteiger partial charge in [0.25, 0.3) is 5.91 Å². The van der Waals surface area contributed by atoms with Gasteiger partial charge in [-0.3, -0.25) is 4.79 Å². The molecule has 11 heteroatoms. The number of hydrogen-bond acceptors (Lipinski definition) is 5. The number of rotatable bonds is 6. The van der Waals surface area contributed by atoms with Gasteiger partial charge in [-0.2, -0.15) is 23.3 Å². The van der Waals surface area contributed by atoms with Crippen LogP contribution >= 0.6 is 0 Å². The number of amides is 1. The molecule has 0 aliphatic rings. The van der Waals surface area contributed by atoms with Gasteiger partial charge in [0, 0.05) is 35.6 Å². The highest BCUT2D eigenvalue weighted by Crippen LogP contribution is 2.29. The molecule has 4 aromatic heterocycles. The van der Waals surface area contributed by atoms with Crippen molar-refractivity contribution in [2.45, 2.75) is 45.5 Å². The van der Waals surface area contributed by atoms with E-state index in [0.29, 0.717) is 17.1 Å². The van der Waals surface area contributed by atoms with Crippen molar-refractivity contribution in [2.24, 2.45) is 0 Å². The van der Waals surface area contributed by atoms with Crippen LogP contribution in [0.15, 0.2) is 36.9 Å². The third-order valence-electron chi connectivity index (χ3n) is 5.34. The number of nitrogens with one attached hydrogen (secondary N) is 3. The lowest BCUT2D eigenvalue weighted by Crippen LogP contribution is -2.43. The molecule has 0 saturated carbocycles. The summed E-state index contributed by atoms with van der Waals surface area (Å²) < 4.78 is 39.9. The Kier molecular flexibility index (Phi) is 5.49. The molecule has 168 valence electrons. The van der Waals surface area contributed by atoms with Gasteiger partial charge in [-0.1, -0.05) is 6.92 Å². The number of H-pyrrole nitrogens is 1. The van der Waals surface area contributed by atoms with Gasteiger partial charge in [-0.25, -0.2) is 9.50 Å². The standard InChI is InChI=1S/C21H22F3N7O/c1-4-11(2)28-20-26-9-15-14(8-25-18(15)30-20)13-5-6-31-17(7-13)16(10-27-31)19(32)29-12(3)21(22,23)24/h5-12H,4H2,1-3H3,(H,29,32)(H2,25,26,28,30). The van der Waals surface area contributed by atoms with E-state index in [9.17, 15) is 18.0 Å². The number of hydrogen-bond donors (Lipinski definition) is 3. The molecule has 4 aromatic rings. The van der Waals surface area contributed by atoms with E-state index in [2.05, 4.69) is 32.3 Å². The van der Waals surface area contributed by atoms with Gasteiger partial charge in [0.15, 0.2) is 0 Å². The Morgan fingerprint density at radius 3 is 2.78 bits per heavy atom. The van der Waals surface area contributed by atoms with Crippen LogP contribution in [0.3, 0.4) is 0 Å². The highest BCUT2D eigenvalue weighted by atomic mass is 19.4. The van der Waals surface area contributed by atoms with Crippen molar-refractivity contribution >= 4 is 28.4 Å². The Balaban J connectivity index is 1.67. The molecule has 0 radical (unpaired) electrons. The Bertz CT molecular complexity index is 1280. The largest absolute Gasteiger partial charge is 0.408 e. The van der Waals surface area contributed by atoms with Crippen molar-refractivity contribution in [1.82, 2.24) is 29.9 Å². The summed E-state index contributed by atoms with van der Waals surface area (Å²) in [5.41, 5.74) is 2.63. The molecule has 2 unspecified atom stereocenters. The normalized spacial score (nSPS) is 13.9. The van der Waals surface area contributed by atoms with Crippen molar-refractivity contribution in [3.8, 4) is 11.1 Å². The fourth-order valence-electron chi connectivity index (χ4n) is 3.22. The number of alkyl halides is 3. The summed E-state index contributed by atoms with van der Waals surface area (Å²) in [6.07, 6.45) is 2.78. The van der Waals surface area contributed by atoms with Gasteiger partial charge in [-0.15, -0.1) is 0 Å². The van der Waals surface area contributed by atoms with E-state index in [-0.39, 0.29) is 11.6 Å². The summed E-state index contributed by atoms with van der Waals surface area (Å²) in [6.45, 7) is 5.00. The van der Waals surface area contributed by atoms with E-state index in [1.807, 2.05) is 12.2 Å². The maximum atomic E-state index is 12.8. The second-order valence-electron chi connectivity index (χ2n) is 7.65. The summed E-state index contributed by atoms with van der Waals surface area (Å²) in [5.74, 6) is -0.325. The van der Waals surface area contributed by atoms with Gasteiger partial charge in [0.2, 0.25) is 5.95 Å². The molecule has 0 aliphatic carbocycles. The maximum absolute atomic E-state index is 12.8. The first-order valence-electron chi connectivity index (χ1n) is 10.1. The number of fused-ring (bicyclic) bond motifs is 2. The second-order valence-corrected chi connectivity index (χ2v) is 7.65. The van der Waals surface area contributed by atoms with Crippen molar-refractivity contribution in [1.29, 1.82) is 0 Å². The monoisotopic (exact) mass is 445 g/mol. The fraction of sp³-hybridized carbons (Fsp3) is 0.333. The smallest absolute Gasteiger partial charge is 0.352 e. The van der Waals surface area contributed by atoms with Crippen LogP contribution in [-0.4, -0.2) is 48.7 Å². The van der Waals surface area contributed by atoms with Crippen LogP contribution in [0.4, 0.5) is 19.1 Å². The van der Waals surface area contributed by atoms with Crippen LogP contribution in [0.1, 0.15) is 37.6 Å². The van der Waals surface area contributed by atoms with Crippen molar-refractivity contribution in [3.05, 3.63) is 42.5 Å². The fourth-order valence-corrected chi connectivity index (χ4v) is 3.22. The minimum atomic E-state index is -4.53. The lowest BCUT2D eigenvalue weighted by atomic mass is 10.1. The SMILES string of the molecule is CCC(C)Nc1ncc2c(-c3ccn4ncc(C(=O)NC(C)C(F)(F)F)c4c3)c[nH]c2n1. The van der Waals surface area contributed by atoms with Gasteiger partial charge in [0.05, 0.1) is 17.3 Å². The van der Waals surface area contributed by atoms with E-state index in [1.165, 1.54) is 10.7 Å². The first-order valence-corrected chi connectivity index (χ1v) is 10.1. The molecule has 0 bridgehead atoms. The molecule has 0 aromatic carbocycles. The summed E-state index contributed by atoms with van der Waals surface area (Å²) in [4.78, 5) is 24.4. The molecule has 32 heavy (non-hydrogen) atoms. The zero-order chi connectivity index (χ0) is 23.0. The number of halogens is 3. The summed E-state index contributed by atoms with van der Waals surface area (Å²) in [7, 11) is 0. The molecule has 8 nitrogen and oxygen atoms in total. The Hall–Kier alpha value is -3.63. The molecular formula is C21H22F3N7O. The summed E-state index contributed by atoms with van der Waals surface area (Å²) in [5, 5.41) is 10.0. The third-order valence-corrected chi connectivity index (χ3v) is 5.34. The number of aromatic amines is 1. The van der Waals surface area contributed by atoms with Crippen LogP contribution in [0.2, 0.25) is 0 Å². The van der Waals surface area contributed by atoms with Crippen LogP contribution in [-0.2, 0) is 0 Å². The van der Waals surface area contributed by atoms with E-state index in [1.54, 1.807) is 30.7 Å². The van der Waals surface area contributed by atoms with Crippen LogP contribution in [0, 0.1) is 0 Å². The minimum Gasteiger partial charge on any atom is -0.352 e. The van der Waals surface area contributed by atoms with Gasteiger partial charge in [-0.05, 0) is 38.0 Å². The maximum Gasteiger partial charge on any atom is 0.408 e. The average molecular weight is 445 g/mol. The average Bonchev–Trinajstić information content (AvgIpc) is 3.36. The third kappa shape index (κ3) is 4.10. The molecule has 2 atom stereocenters. The van der Waals surface area contributed by atoms with E-state index >= 15 is 0 Å². The molecule has 0 fully saturated rings. The number of carbonyl (C=O) groups excluding carboxylic acids is 1. The van der Waals surface area contributed by atoms with Gasteiger partial charge < -0.3 is 15.6 Å². The highest BCUT2D eigenvalue weighted by molar-refractivity contribution is 6.02. The topological polar surface area (TPSA) is 100 Å². The molecular weight excluding hydrogens is 423 g/mol. The molecule has 4 heterocycles. The Morgan fingerprint density at radius 1 is 1.28 bits per heavy atom. The first kappa shape index (κ1) is 21.6.